The SMILES string of the molecule is COc1ccc(S(=O)(=O)N2CCN(Cn3cnc4cc(F)c(F)cc43)CC2)cc1. The highest BCUT2D eigenvalue weighted by molar-refractivity contribution is 7.89. The van der Waals surface area contributed by atoms with Crippen LogP contribution in [0.4, 0.5) is 8.78 Å². The zero-order valence-electron chi connectivity index (χ0n) is 15.8. The minimum atomic E-state index is -3.58. The van der Waals surface area contributed by atoms with Crippen LogP contribution < -0.4 is 4.74 Å². The maximum atomic E-state index is 13.6. The summed E-state index contributed by atoms with van der Waals surface area (Å²) in [6, 6.07) is 8.50. The Kier molecular flexibility index (Phi) is 5.24. The number of hydrogen-bond acceptors (Lipinski definition) is 5. The van der Waals surface area contributed by atoms with Gasteiger partial charge in [0.05, 0.1) is 36.0 Å². The third-order valence-electron chi connectivity index (χ3n) is 5.04. The fraction of sp³-hybridized carbons (Fsp3) is 0.316. The van der Waals surface area contributed by atoms with Crippen LogP contribution in [0.2, 0.25) is 0 Å². The van der Waals surface area contributed by atoms with E-state index in [1.165, 1.54) is 29.9 Å². The minimum absolute atomic E-state index is 0.227. The van der Waals surface area contributed by atoms with E-state index >= 15 is 0 Å². The fourth-order valence-corrected chi connectivity index (χ4v) is 4.81. The molecule has 0 spiro atoms. The predicted octanol–water partition coefficient (Wildman–Crippen LogP) is 2.29. The number of fused-ring (bicyclic) bond motifs is 1. The van der Waals surface area contributed by atoms with E-state index in [-0.39, 0.29) is 4.90 Å². The third-order valence-corrected chi connectivity index (χ3v) is 6.96. The second-order valence-corrected chi connectivity index (χ2v) is 8.75. The van der Waals surface area contributed by atoms with E-state index in [0.29, 0.717) is 49.6 Å². The summed E-state index contributed by atoms with van der Waals surface area (Å²) in [7, 11) is -2.05. The highest BCUT2D eigenvalue weighted by Crippen LogP contribution is 2.22. The molecular weight excluding hydrogens is 402 g/mol. The van der Waals surface area contributed by atoms with Crippen molar-refractivity contribution in [1.29, 1.82) is 0 Å². The number of imidazole rings is 1. The van der Waals surface area contributed by atoms with Crippen LogP contribution in [0, 0.1) is 11.6 Å². The molecule has 29 heavy (non-hydrogen) atoms. The molecule has 4 rings (SSSR count). The number of aromatic nitrogens is 2. The molecule has 0 amide bonds. The highest BCUT2D eigenvalue weighted by atomic mass is 32.2. The first-order valence-corrected chi connectivity index (χ1v) is 10.5. The second-order valence-electron chi connectivity index (χ2n) is 6.81. The molecular formula is C19H20F2N4O3S. The number of piperazine rings is 1. The Morgan fingerprint density at radius 2 is 1.69 bits per heavy atom. The van der Waals surface area contributed by atoms with Gasteiger partial charge < -0.3 is 9.30 Å². The summed E-state index contributed by atoms with van der Waals surface area (Å²) >= 11 is 0. The largest absolute Gasteiger partial charge is 0.497 e. The van der Waals surface area contributed by atoms with Crippen molar-refractivity contribution in [2.24, 2.45) is 0 Å². The van der Waals surface area contributed by atoms with E-state index in [2.05, 4.69) is 4.98 Å². The standard InChI is InChI=1S/C19H20F2N4O3S/c1-28-14-2-4-15(5-3-14)29(26,27)25-8-6-23(7-9-25)13-24-12-22-18-10-16(20)17(21)11-19(18)24/h2-5,10-12H,6-9,13H2,1H3. The van der Waals surface area contributed by atoms with Crippen molar-refractivity contribution < 1.29 is 21.9 Å². The smallest absolute Gasteiger partial charge is 0.243 e. The van der Waals surface area contributed by atoms with E-state index in [1.807, 2.05) is 4.90 Å². The Hall–Kier alpha value is -2.56. The lowest BCUT2D eigenvalue weighted by atomic mass is 10.3. The number of rotatable bonds is 5. The number of ether oxygens (including phenoxy) is 1. The number of methoxy groups -OCH3 is 1. The molecule has 1 saturated heterocycles. The summed E-state index contributed by atoms with van der Waals surface area (Å²) in [5.74, 6) is -1.26. The average molecular weight is 422 g/mol. The van der Waals surface area contributed by atoms with Gasteiger partial charge in [-0.1, -0.05) is 0 Å². The number of nitrogens with zero attached hydrogens (tertiary/aromatic N) is 4. The van der Waals surface area contributed by atoms with Crippen LogP contribution >= 0.6 is 0 Å². The van der Waals surface area contributed by atoms with Gasteiger partial charge in [0.1, 0.15) is 5.75 Å². The molecule has 1 fully saturated rings. The normalized spacial score (nSPS) is 16.4. The summed E-state index contributed by atoms with van der Waals surface area (Å²) in [4.78, 5) is 6.38. The number of sulfonamides is 1. The van der Waals surface area contributed by atoms with Crippen molar-refractivity contribution >= 4 is 21.1 Å². The summed E-state index contributed by atoms with van der Waals surface area (Å²) in [6.07, 6.45) is 1.53. The molecule has 2 heterocycles. The molecule has 0 N–H and O–H groups in total. The molecule has 1 aliphatic heterocycles. The Balaban J connectivity index is 1.43. The van der Waals surface area contributed by atoms with Gasteiger partial charge in [-0.15, -0.1) is 0 Å². The van der Waals surface area contributed by atoms with Crippen LogP contribution in [0.25, 0.3) is 11.0 Å². The van der Waals surface area contributed by atoms with Crippen LogP contribution in [0.1, 0.15) is 0 Å². The molecule has 0 unspecified atom stereocenters. The van der Waals surface area contributed by atoms with Crippen molar-refractivity contribution in [3.63, 3.8) is 0 Å². The average Bonchev–Trinajstić information content (AvgIpc) is 3.10. The molecule has 2 aromatic carbocycles. The molecule has 0 radical (unpaired) electrons. The van der Waals surface area contributed by atoms with Crippen LogP contribution in [-0.4, -0.2) is 60.5 Å². The van der Waals surface area contributed by atoms with E-state index < -0.39 is 21.7 Å². The van der Waals surface area contributed by atoms with Crippen LogP contribution in [-0.2, 0) is 16.7 Å². The van der Waals surface area contributed by atoms with Crippen molar-refractivity contribution in [1.82, 2.24) is 18.8 Å². The van der Waals surface area contributed by atoms with E-state index in [9.17, 15) is 17.2 Å². The minimum Gasteiger partial charge on any atom is -0.497 e. The molecule has 0 atom stereocenters. The first-order chi connectivity index (χ1) is 13.9. The molecule has 0 aliphatic carbocycles. The number of halogens is 2. The van der Waals surface area contributed by atoms with Crippen molar-refractivity contribution in [3.8, 4) is 5.75 Å². The summed E-state index contributed by atoms with van der Waals surface area (Å²) < 4.78 is 60.8. The Morgan fingerprint density at radius 3 is 2.34 bits per heavy atom. The van der Waals surface area contributed by atoms with Gasteiger partial charge in [0.25, 0.3) is 0 Å². The zero-order valence-corrected chi connectivity index (χ0v) is 16.6. The van der Waals surface area contributed by atoms with Gasteiger partial charge in [-0.05, 0) is 24.3 Å². The fourth-order valence-electron chi connectivity index (χ4n) is 3.39. The first-order valence-electron chi connectivity index (χ1n) is 9.05. The maximum Gasteiger partial charge on any atom is 0.243 e. The topological polar surface area (TPSA) is 67.7 Å². The van der Waals surface area contributed by atoms with E-state index in [1.54, 1.807) is 16.7 Å². The Morgan fingerprint density at radius 1 is 1.03 bits per heavy atom. The van der Waals surface area contributed by atoms with Gasteiger partial charge in [0.2, 0.25) is 10.0 Å². The second kappa shape index (κ2) is 7.69. The molecule has 7 nitrogen and oxygen atoms in total. The van der Waals surface area contributed by atoms with Crippen molar-refractivity contribution in [2.45, 2.75) is 11.6 Å². The van der Waals surface area contributed by atoms with Gasteiger partial charge in [0, 0.05) is 38.3 Å². The third kappa shape index (κ3) is 3.83. The quantitative estimate of drug-likeness (QED) is 0.631. The summed E-state index contributed by atoms with van der Waals surface area (Å²) in [5.41, 5.74) is 0.877. The molecule has 0 bridgehead atoms. The maximum absolute atomic E-state index is 13.6. The van der Waals surface area contributed by atoms with E-state index in [4.69, 9.17) is 4.74 Å². The van der Waals surface area contributed by atoms with Crippen molar-refractivity contribution in [2.75, 3.05) is 33.3 Å². The van der Waals surface area contributed by atoms with Gasteiger partial charge in [-0.3, -0.25) is 4.90 Å². The molecule has 154 valence electrons. The lowest BCUT2D eigenvalue weighted by Crippen LogP contribution is -2.48. The van der Waals surface area contributed by atoms with Gasteiger partial charge >= 0.3 is 0 Å². The Bertz CT molecular complexity index is 1120. The van der Waals surface area contributed by atoms with Crippen LogP contribution in [0.15, 0.2) is 47.6 Å². The molecule has 1 aromatic heterocycles. The van der Waals surface area contributed by atoms with Crippen LogP contribution in [0.5, 0.6) is 5.75 Å². The summed E-state index contributed by atoms with van der Waals surface area (Å²) in [5, 5.41) is 0. The Labute approximate surface area is 167 Å². The molecule has 3 aromatic rings. The summed E-state index contributed by atoms with van der Waals surface area (Å²) in [6.45, 7) is 2.11. The monoisotopic (exact) mass is 422 g/mol. The zero-order chi connectivity index (χ0) is 20.6. The van der Waals surface area contributed by atoms with Gasteiger partial charge in [-0.2, -0.15) is 4.31 Å². The lowest BCUT2D eigenvalue weighted by Gasteiger charge is -2.34. The molecule has 1 aliphatic rings. The highest BCUT2D eigenvalue weighted by Gasteiger charge is 2.28. The number of benzene rings is 2. The van der Waals surface area contributed by atoms with Gasteiger partial charge in [-0.25, -0.2) is 22.2 Å². The molecule has 0 saturated carbocycles. The van der Waals surface area contributed by atoms with Crippen LogP contribution in [0.3, 0.4) is 0 Å². The van der Waals surface area contributed by atoms with Gasteiger partial charge in [0.15, 0.2) is 11.6 Å². The molecule has 10 heteroatoms. The number of hydrogen-bond donors (Lipinski definition) is 0. The van der Waals surface area contributed by atoms with Crippen molar-refractivity contribution in [3.05, 3.63) is 54.4 Å². The lowest BCUT2D eigenvalue weighted by molar-refractivity contribution is 0.154. The first kappa shape index (κ1) is 19.7. The van der Waals surface area contributed by atoms with E-state index in [0.717, 1.165) is 12.1 Å². The predicted molar refractivity (Wildman–Crippen MR) is 103 cm³/mol.